The average molecular weight is 261 g/mol. The largest absolute Gasteiger partial charge is 0.481 e. The number of nitrogens with zero attached hydrogens (tertiary/aromatic N) is 1. The van der Waals surface area contributed by atoms with Crippen molar-refractivity contribution in [3.63, 3.8) is 0 Å². The standard InChI is InChI=1S/C14H15NO4/c1-9(15(2)13(16)8-14(17)18)12-7-10-5-3-4-6-11(10)19-12/h3-7,9H,8H2,1-2H3,(H,17,18). The second-order valence-corrected chi connectivity index (χ2v) is 4.44. The summed E-state index contributed by atoms with van der Waals surface area (Å²) in [5.74, 6) is -0.934. The van der Waals surface area contributed by atoms with Crippen molar-refractivity contribution >= 4 is 22.8 Å². The van der Waals surface area contributed by atoms with Gasteiger partial charge in [0.25, 0.3) is 0 Å². The molecule has 1 unspecified atom stereocenters. The van der Waals surface area contributed by atoms with Crippen LogP contribution in [0.2, 0.25) is 0 Å². The van der Waals surface area contributed by atoms with Crippen molar-refractivity contribution < 1.29 is 19.1 Å². The number of fused-ring (bicyclic) bond motifs is 1. The topological polar surface area (TPSA) is 70.8 Å². The molecule has 1 heterocycles. The molecule has 5 heteroatoms. The molecule has 1 aromatic carbocycles. The van der Waals surface area contributed by atoms with Crippen LogP contribution in [0.4, 0.5) is 0 Å². The van der Waals surface area contributed by atoms with Gasteiger partial charge in [-0.15, -0.1) is 0 Å². The molecule has 0 bridgehead atoms. The lowest BCUT2D eigenvalue weighted by atomic mass is 10.2. The summed E-state index contributed by atoms with van der Waals surface area (Å²) in [4.78, 5) is 23.6. The van der Waals surface area contributed by atoms with Gasteiger partial charge in [-0.1, -0.05) is 18.2 Å². The van der Waals surface area contributed by atoms with E-state index in [-0.39, 0.29) is 6.04 Å². The average Bonchev–Trinajstić information content (AvgIpc) is 2.79. The number of rotatable bonds is 4. The van der Waals surface area contributed by atoms with Crippen molar-refractivity contribution in [1.29, 1.82) is 0 Å². The maximum Gasteiger partial charge on any atom is 0.312 e. The number of furan rings is 1. The third-order valence-corrected chi connectivity index (χ3v) is 3.13. The van der Waals surface area contributed by atoms with Gasteiger partial charge in [0, 0.05) is 12.4 Å². The van der Waals surface area contributed by atoms with Crippen LogP contribution in [-0.2, 0) is 9.59 Å². The highest BCUT2D eigenvalue weighted by molar-refractivity contribution is 5.93. The molecule has 0 saturated carbocycles. The predicted octanol–water partition coefficient (Wildman–Crippen LogP) is 2.43. The predicted molar refractivity (Wildman–Crippen MR) is 69.7 cm³/mol. The molecule has 100 valence electrons. The molecule has 1 N–H and O–H groups in total. The number of carboxylic acid groups (broad SMARTS) is 1. The molecule has 0 fully saturated rings. The van der Waals surface area contributed by atoms with E-state index in [0.29, 0.717) is 5.76 Å². The molecule has 0 saturated heterocycles. The van der Waals surface area contributed by atoms with Crippen LogP contribution in [0.3, 0.4) is 0 Å². The molecular weight excluding hydrogens is 246 g/mol. The van der Waals surface area contributed by atoms with Gasteiger partial charge in [-0.05, 0) is 19.1 Å². The van der Waals surface area contributed by atoms with E-state index in [0.717, 1.165) is 11.0 Å². The minimum atomic E-state index is -1.13. The van der Waals surface area contributed by atoms with E-state index < -0.39 is 18.3 Å². The van der Waals surface area contributed by atoms with Gasteiger partial charge in [0.1, 0.15) is 17.8 Å². The Bertz CT molecular complexity index is 584. The number of para-hydroxylation sites is 1. The second kappa shape index (κ2) is 5.14. The summed E-state index contributed by atoms with van der Waals surface area (Å²) in [5, 5.41) is 9.59. The van der Waals surface area contributed by atoms with Crippen LogP contribution in [0.15, 0.2) is 34.7 Å². The zero-order valence-corrected chi connectivity index (χ0v) is 10.8. The summed E-state index contributed by atoms with van der Waals surface area (Å²) in [6, 6.07) is 9.12. The van der Waals surface area contributed by atoms with E-state index in [1.807, 2.05) is 30.3 Å². The van der Waals surface area contributed by atoms with Crippen molar-refractivity contribution in [3.05, 3.63) is 36.1 Å². The van der Waals surface area contributed by atoms with Gasteiger partial charge in [-0.25, -0.2) is 0 Å². The van der Waals surface area contributed by atoms with Crippen molar-refractivity contribution in [2.45, 2.75) is 19.4 Å². The third kappa shape index (κ3) is 2.76. The number of amides is 1. The van der Waals surface area contributed by atoms with Crippen molar-refractivity contribution in [3.8, 4) is 0 Å². The molecule has 2 aromatic rings. The first-order chi connectivity index (χ1) is 8.99. The molecule has 2 rings (SSSR count). The molecule has 1 atom stereocenters. The van der Waals surface area contributed by atoms with E-state index >= 15 is 0 Å². The first-order valence-corrected chi connectivity index (χ1v) is 5.95. The summed E-state index contributed by atoms with van der Waals surface area (Å²) >= 11 is 0. The second-order valence-electron chi connectivity index (χ2n) is 4.44. The monoisotopic (exact) mass is 261 g/mol. The van der Waals surface area contributed by atoms with Gasteiger partial charge in [0.15, 0.2) is 0 Å². The SMILES string of the molecule is CC(c1cc2ccccc2o1)N(C)C(=O)CC(=O)O. The Morgan fingerprint density at radius 1 is 1.37 bits per heavy atom. The number of benzene rings is 1. The van der Waals surface area contributed by atoms with Gasteiger partial charge in [-0.3, -0.25) is 9.59 Å². The minimum Gasteiger partial charge on any atom is -0.481 e. The highest BCUT2D eigenvalue weighted by atomic mass is 16.4. The summed E-state index contributed by atoms with van der Waals surface area (Å²) in [6.07, 6.45) is -0.513. The van der Waals surface area contributed by atoms with Crippen LogP contribution in [0.25, 0.3) is 11.0 Å². The van der Waals surface area contributed by atoms with E-state index in [2.05, 4.69) is 0 Å². The van der Waals surface area contributed by atoms with Crippen LogP contribution in [0.5, 0.6) is 0 Å². The summed E-state index contributed by atoms with van der Waals surface area (Å²) in [6.45, 7) is 1.80. The van der Waals surface area contributed by atoms with Crippen molar-refractivity contribution in [1.82, 2.24) is 4.90 Å². The Hall–Kier alpha value is -2.30. The Morgan fingerprint density at radius 2 is 2.05 bits per heavy atom. The summed E-state index contributed by atoms with van der Waals surface area (Å²) in [5.41, 5.74) is 0.753. The summed E-state index contributed by atoms with van der Waals surface area (Å²) in [7, 11) is 1.57. The molecule has 5 nitrogen and oxygen atoms in total. The zero-order valence-electron chi connectivity index (χ0n) is 10.8. The van der Waals surface area contributed by atoms with Gasteiger partial charge in [0.05, 0.1) is 6.04 Å². The van der Waals surface area contributed by atoms with E-state index in [1.54, 1.807) is 14.0 Å². The molecule has 0 aliphatic heterocycles. The molecule has 1 amide bonds. The maximum absolute atomic E-state index is 11.7. The van der Waals surface area contributed by atoms with E-state index in [9.17, 15) is 9.59 Å². The van der Waals surface area contributed by atoms with Gasteiger partial charge in [0.2, 0.25) is 5.91 Å². The highest BCUT2D eigenvalue weighted by Gasteiger charge is 2.22. The molecule has 0 aliphatic carbocycles. The number of hydrogen-bond acceptors (Lipinski definition) is 3. The maximum atomic E-state index is 11.7. The summed E-state index contributed by atoms with van der Waals surface area (Å²) < 4.78 is 5.66. The van der Waals surface area contributed by atoms with Crippen LogP contribution in [0.1, 0.15) is 25.1 Å². The van der Waals surface area contributed by atoms with E-state index in [1.165, 1.54) is 4.90 Å². The third-order valence-electron chi connectivity index (χ3n) is 3.13. The van der Waals surface area contributed by atoms with Crippen LogP contribution >= 0.6 is 0 Å². The smallest absolute Gasteiger partial charge is 0.312 e. The normalized spacial score (nSPS) is 12.3. The van der Waals surface area contributed by atoms with Crippen LogP contribution in [-0.4, -0.2) is 28.9 Å². The fraction of sp³-hybridized carbons (Fsp3) is 0.286. The van der Waals surface area contributed by atoms with Gasteiger partial charge < -0.3 is 14.4 Å². The van der Waals surface area contributed by atoms with Crippen molar-refractivity contribution in [2.24, 2.45) is 0 Å². The zero-order chi connectivity index (χ0) is 14.0. The minimum absolute atomic E-state index is 0.306. The lowest BCUT2D eigenvalue weighted by Crippen LogP contribution is -2.30. The fourth-order valence-electron chi connectivity index (χ4n) is 1.87. The molecular formula is C14H15NO4. The van der Waals surface area contributed by atoms with Crippen LogP contribution in [0, 0.1) is 0 Å². The number of aliphatic carboxylic acids is 1. The molecule has 19 heavy (non-hydrogen) atoms. The lowest BCUT2D eigenvalue weighted by molar-refractivity contribution is -0.144. The Morgan fingerprint density at radius 3 is 2.68 bits per heavy atom. The fourth-order valence-corrected chi connectivity index (χ4v) is 1.87. The van der Waals surface area contributed by atoms with E-state index in [4.69, 9.17) is 9.52 Å². The van der Waals surface area contributed by atoms with Gasteiger partial charge >= 0.3 is 5.97 Å². The lowest BCUT2D eigenvalue weighted by Gasteiger charge is -2.22. The van der Waals surface area contributed by atoms with Crippen LogP contribution < -0.4 is 0 Å². The molecule has 0 aliphatic rings. The van der Waals surface area contributed by atoms with Crippen molar-refractivity contribution in [2.75, 3.05) is 7.05 Å². The number of carbonyl (C=O) groups is 2. The first-order valence-electron chi connectivity index (χ1n) is 5.95. The highest BCUT2D eigenvalue weighted by Crippen LogP contribution is 2.26. The first kappa shape index (κ1) is 13.1. The Kier molecular flexibility index (Phi) is 3.55. The molecule has 1 aromatic heterocycles. The quantitative estimate of drug-likeness (QED) is 0.858. The Labute approximate surface area is 110 Å². The molecule has 0 spiro atoms. The number of carboxylic acids is 1. The number of hydrogen-bond donors (Lipinski definition) is 1. The molecule has 0 radical (unpaired) electrons. The Balaban J connectivity index is 2.20. The van der Waals surface area contributed by atoms with Gasteiger partial charge in [-0.2, -0.15) is 0 Å². The number of carbonyl (C=O) groups excluding carboxylic acids is 1.